The molecular weight excluding hydrogens is 366 g/mol. The highest BCUT2D eigenvalue weighted by molar-refractivity contribution is 6.23. The number of carbonyl (C=O) groups is 3. The summed E-state index contributed by atoms with van der Waals surface area (Å²) in [5.41, 5.74) is 2.68. The second kappa shape index (κ2) is 6.41. The molecule has 2 aromatic carbocycles. The minimum Gasteiger partial charge on any atom is -0.423 e. The van der Waals surface area contributed by atoms with Crippen molar-refractivity contribution in [3.8, 4) is 5.75 Å². The molecule has 2 amide bonds. The van der Waals surface area contributed by atoms with Crippen LogP contribution in [-0.4, -0.2) is 17.8 Å². The number of esters is 1. The van der Waals surface area contributed by atoms with Gasteiger partial charge in [0.25, 0.3) is 0 Å². The van der Waals surface area contributed by atoms with Crippen molar-refractivity contribution in [2.45, 2.75) is 20.3 Å². The summed E-state index contributed by atoms with van der Waals surface area (Å²) < 4.78 is 5.56. The van der Waals surface area contributed by atoms with Crippen LogP contribution in [0.2, 0.25) is 0 Å². The average molecular weight is 387 g/mol. The number of hydrogen-bond donors (Lipinski definition) is 0. The molecule has 0 aromatic heterocycles. The van der Waals surface area contributed by atoms with E-state index < -0.39 is 5.97 Å². The van der Waals surface area contributed by atoms with E-state index in [-0.39, 0.29) is 35.5 Å². The standard InChI is InChI=1S/C24H21NO4/c1-13-5-3-8-19(14(13)2)29-24(28)17-6-4-7-18(12-17)25-22(26)20-15-9-10-16(11-15)21(20)23(25)27/h3-10,12,15-16,20-21H,11H2,1-2H3/t15-,16-,20-,21+/m0/s1. The van der Waals surface area contributed by atoms with Gasteiger partial charge < -0.3 is 4.74 Å². The molecule has 0 N–H and O–H groups in total. The van der Waals surface area contributed by atoms with Gasteiger partial charge in [0.1, 0.15) is 5.75 Å². The largest absolute Gasteiger partial charge is 0.423 e. The molecule has 0 spiro atoms. The summed E-state index contributed by atoms with van der Waals surface area (Å²) in [6.45, 7) is 3.85. The lowest BCUT2D eigenvalue weighted by molar-refractivity contribution is -0.123. The monoisotopic (exact) mass is 387 g/mol. The molecular formula is C24H21NO4. The Hall–Kier alpha value is -3.21. The summed E-state index contributed by atoms with van der Waals surface area (Å²) in [5.74, 6) is -0.528. The van der Waals surface area contributed by atoms with Gasteiger partial charge in [-0.3, -0.25) is 9.59 Å². The first-order valence-electron chi connectivity index (χ1n) is 9.90. The van der Waals surface area contributed by atoms with Crippen LogP contribution in [0, 0.1) is 37.5 Å². The maximum absolute atomic E-state index is 13.0. The first kappa shape index (κ1) is 17.9. The van der Waals surface area contributed by atoms with Crippen molar-refractivity contribution in [1.82, 2.24) is 0 Å². The second-order valence-electron chi connectivity index (χ2n) is 8.15. The smallest absolute Gasteiger partial charge is 0.343 e. The molecule has 1 saturated carbocycles. The first-order chi connectivity index (χ1) is 14.0. The molecule has 5 heteroatoms. The number of fused-ring (bicyclic) bond motifs is 5. The van der Waals surface area contributed by atoms with Crippen molar-refractivity contribution < 1.29 is 19.1 Å². The number of benzene rings is 2. The van der Waals surface area contributed by atoms with Crippen molar-refractivity contribution in [3.63, 3.8) is 0 Å². The van der Waals surface area contributed by atoms with E-state index in [9.17, 15) is 14.4 Å². The number of allylic oxidation sites excluding steroid dienone is 2. The lowest BCUT2D eigenvalue weighted by Gasteiger charge is -2.18. The Morgan fingerprint density at radius 3 is 2.31 bits per heavy atom. The summed E-state index contributed by atoms with van der Waals surface area (Å²) in [4.78, 5) is 40.0. The molecule has 3 aliphatic rings. The molecule has 1 heterocycles. The van der Waals surface area contributed by atoms with Gasteiger partial charge in [-0.2, -0.15) is 0 Å². The zero-order valence-electron chi connectivity index (χ0n) is 16.3. The highest BCUT2D eigenvalue weighted by atomic mass is 16.5. The summed E-state index contributed by atoms with van der Waals surface area (Å²) in [7, 11) is 0. The van der Waals surface area contributed by atoms with Crippen LogP contribution in [0.1, 0.15) is 27.9 Å². The van der Waals surface area contributed by atoms with Gasteiger partial charge in [0.05, 0.1) is 23.1 Å². The van der Waals surface area contributed by atoms with Gasteiger partial charge in [0.2, 0.25) is 11.8 Å². The van der Waals surface area contributed by atoms with Gasteiger partial charge in [-0.15, -0.1) is 0 Å². The predicted octanol–water partition coefficient (Wildman–Crippen LogP) is 3.83. The fraction of sp³-hybridized carbons (Fsp3) is 0.292. The number of carbonyl (C=O) groups excluding carboxylic acids is 3. The number of anilines is 1. The lowest BCUT2D eigenvalue weighted by Crippen LogP contribution is -2.33. The van der Waals surface area contributed by atoms with Crippen LogP contribution in [0.5, 0.6) is 5.75 Å². The summed E-state index contributed by atoms with van der Waals surface area (Å²) in [5, 5.41) is 0. The van der Waals surface area contributed by atoms with Gasteiger partial charge in [-0.25, -0.2) is 9.69 Å². The fourth-order valence-corrected chi connectivity index (χ4v) is 4.92. The normalized spacial score (nSPS) is 26.9. The summed E-state index contributed by atoms with van der Waals surface area (Å²) in [6, 6.07) is 12.1. The molecule has 2 fully saturated rings. The van der Waals surface area contributed by atoms with Crippen LogP contribution >= 0.6 is 0 Å². The molecule has 1 saturated heterocycles. The van der Waals surface area contributed by atoms with E-state index in [1.807, 2.05) is 26.0 Å². The highest BCUT2D eigenvalue weighted by Gasteiger charge is 2.59. The third-order valence-corrected chi connectivity index (χ3v) is 6.57. The molecule has 2 bridgehead atoms. The van der Waals surface area contributed by atoms with Crippen LogP contribution in [0.15, 0.2) is 54.6 Å². The van der Waals surface area contributed by atoms with Crippen LogP contribution in [-0.2, 0) is 9.59 Å². The van der Waals surface area contributed by atoms with E-state index in [0.717, 1.165) is 17.5 Å². The van der Waals surface area contributed by atoms with Gasteiger partial charge >= 0.3 is 5.97 Å². The van der Waals surface area contributed by atoms with E-state index in [1.54, 1.807) is 30.3 Å². The molecule has 4 atom stereocenters. The SMILES string of the molecule is Cc1cccc(OC(=O)c2cccc(N3C(=O)[C@@H]4[C@H](C3=O)[C@H]3C=C[C@H]4C3)c2)c1C. The zero-order valence-corrected chi connectivity index (χ0v) is 16.3. The first-order valence-corrected chi connectivity index (χ1v) is 9.90. The number of nitrogens with zero attached hydrogens (tertiary/aromatic N) is 1. The van der Waals surface area contributed by atoms with E-state index in [4.69, 9.17) is 4.74 Å². The molecule has 5 rings (SSSR count). The van der Waals surface area contributed by atoms with Gasteiger partial charge in [-0.1, -0.05) is 30.4 Å². The van der Waals surface area contributed by atoms with Crippen LogP contribution in [0.4, 0.5) is 5.69 Å². The topological polar surface area (TPSA) is 63.7 Å². The van der Waals surface area contributed by atoms with Crippen LogP contribution in [0.3, 0.4) is 0 Å². The molecule has 0 radical (unpaired) electrons. The minimum atomic E-state index is -0.512. The van der Waals surface area contributed by atoms with Crippen molar-refractivity contribution in [3.05, 3.63) is 71.3 Å². The van der Waals surface area contributed by atoms with Gasteiger partial charge in [0, 0.05) is 0 Å². The molecule has 2 aromatic rings. The zero-order chi connectivity index (χ0) is 20.3. The Balaban J connectivity index is 1.42. The number of ether oxygens (including phenoxy) is 1. The second-order valence-corrected chi connectivity index (χ2v) is 8.15. The maximum atomic E-state index is 13.0. The average Bonchev–Trinajstić information content (AvgIpc) is 3.39. The Kier molecular flexibility index (Phi) is 3.95. The molecule has 29 heavy (non-hydrogen) atoms. The van der Waals surface area contributed by atoms with E-state index in [2.05, 4.69) is 12.2 Å². The van der Waals surface area contributed by atoms with Crippen molar-refractivity contribution >= 4 is 23.5 Å². The molecule has 0 unspecified atom stereocenters. The Morgan fingerprint density at radius 2 is 1.62 bits per heavy atom. The minimum absolute atomic E-state index is 0.156. The third kappa shape index (κ3) is 2.64. The molecule has 2 aliphatic carbocycles. The highest BCUT2D eigenvalue weighted by Crippen LogP contribution is 2.53. The van der Waals surface area contributed by atoms with Crippen molar-refractivity contribution in [2.75, 3.05) is 4.90 Å². The summed E-state index contributed by atoms with van der Waals surface area (Å²) >= 11 is 0. The number of hydrogen-bond acceptors (Lipinski definition) is 4. The van der Waals surface area contributed by atoms with Crippen LogP contribution in [0.25, 0.3) is 0 Å². The predicted molar refractivity (Wildman–Crippen MR) is 108 cm³/mol. The van der Waals surface area contributed by atoms with Crippen molar-refractivity contribution in [1.29, 1.82) is 0 Å². The van der Waals surface area contributed by atoms with E-state index >= 15 is 0 Å². The van der Waals surface area contributed by atoms with Gasteiger partial charge in [0.15, 0.2) is 0 Å². The van der Waals surface area contributed by atoms with Crippen molar-refractivity contribution in [2.24, 2.45) is 23.7 Å². The number of aryl methyl sites for hydroxylation is 1. The third-order valence-electron chi connectivity index (χ3n) is 6.57. The lowest BCUT2D eigenvalue weighted by atomic mass is 9.85. The number of imide groups is 1. The van der Waals surface area contributed by atoms with Gasteiger partial charge in [-0.05, 0) is 67.5 Å². The Morgan fingerprint density at radius 1 is 0.966 bits per heavy atom. The fourth-order valence-electron chi connectivity index (χ4n) is 4.92. The maximum Gasteiger partial charge on any atom is 0.343 e. The Labute approximate surface area is 169 Å². The summed E-state index contributed by atoms with van der Waals surface area (Å²) in [6.07, 6.45) is 5.03. The molecule has 5 nitrogen and oxygen atoms in total. The quantitative estimate of drug-likeness (QED) is 0.347. The van der Waals surface area contributed by atoms with E-state index in [1.165, 1.54) is 4.90 Å². The van der Waals surface area contributed by atoms with Crippen LogP contribution < -0.4 is 9.64 Å². The molecule has 1 aliphatic heterocycles. The molecule has 146 valence electrons. The Bertz CT molecular complexity index is 1060. The number of rotatable bonds is 3. The van der Waals surface area contributed by atoms with E-state index in [0.29, 0.717) is 17.0 Å². The number of amides is 2.